The van der Waals surface area contributed by atoms with Gasteiger partial charge in [-0.05, 0) is 6.92 Å². The van der Waals surface area contributed by atoms with Crippen LogP contribution in [0, 0.1) is 0 Å². The molecule has 0 aliphatic rings. The smallest absolute Gasteiger partial charge is 0.394 e. The van der Waals surface area contributed by atoms with E-state index >= 15 is 0 Å². The molecular weight excluding hydrogens is 166 g/mol. The third-order valence-electron chi connectivity index (χ3n) is 0.264. The van der Waals surface area contributed by atoms with Gasteiger partial charge in [0.25, 0.3) is 0 Å². The Morgan fingerprint density at radius 2 is 1.75 bits per heavy atom. The van der Waals surface area contributed by atoms with Gasteiger partial charge in [-0.25, -0.2) is 20.1 Å². The fourth-order valence-electron chi connectivity index (χ4n) is 0. The molecule has 0 spiro atoms. The van der Waals surface area contributed by atoms with Gasteiger partial charge in [-0.1, -0.05) is 0 Å². The normalized spacial score (nSPS) is 11.1. The molecule has 0 aromatic rings. The van der Waals surface area contributed by atoms with Crippen molar-refractivity contribution in [3.05, 3.63) is 0 Å². The summed E-state index contributed by atoms with van der Waals surface area (Å²) in [7, 11) is 9.69. The summed E-state index contributed by atoms with van der Waals surface area (Å²) in [4.78, 5) is 0. The van der Waals surface area contributed by atoms with Crippen molar-refractivity contribution in [2.45, 2.75) is 13.0 Å². The molecule has 8 heavy (non-hydrogen) atoms. The number of hydrogen-bond acceptors (Lipinski definition) is 2. The van der Waals surface area contributed by atoms with E-state index in [2.05, 4.69) is 0 Å². The lowest BCUT2D eigenvalue weighted by Crippen LogP contribution is -2.03. The zero-order valence-corrected chi connectivity index (χ0v) is 7.18. The van der Waals surface area contributed by atoms with Gasteiger partial charge in [0.2, 0.25) is 0 Å². The van der Waals surface area contributed by atoms with Crippen LogP contribution in [-0.4, -0.2) is 36.3 Å². The molecular formula is C3H8AlCl2O2. The van der Waals surface area contributed by atoms with Crippen molar-refractivity contribution in [3.8, 4) is 0 Å². The van der Waals surface area contributed by atoms with Crippen LogP contribution >= 0.6 is 20.1 Å². The van der Waals surface area contributed by atoms with Gasteiger partial charge in [-0.15, -0.1) is 0 Å². The van der Waals surface area contributed by atoms with Gasteiger partial charge in [-0.3, -0.25) is 0 Å². The van der Waals surface area contributed by atoms with E-state index in [9.17, 15) is 0 Å². The predicted octanol–water partition coefficient (Wildman–Crippen LogP) is 0.358. The SMILES string of the molecule is CC(O)CO.[Cl][Al][Cl]. The first kappa shape index (κ1) is 11.8. The van der Waals surface area contributed by atoms with Crippen LogP contribution in [-0.2, 0) is 0 Å². The van der Waals surface area contributed by atoms with Crippen molar-refractivity contribution >= 4 is 33.5 Å². The Morgan fingerprint density at radius 1 is 1.62 bits per heavy atom. The Labute approximate surface area is 63.5 Å². The third-order valence-corrected chi connectivity index (χ3v) is 0.264. The maximum atomic E-state index is 8.11. The number of aliphatic hydroxyl groups is 2. The van der Waals surface area contributed by atoms with Gasteiger partial charge >= 0.3 is 13.4 Å². The molecule has 0 aromatic carbocycles. The molecule has 0 saturated carbocycles. The van der Waals surface area contributed by atoms with E-state index in [0.717, 1.165) is 0 Å². The fraction of sp³-hybridized carbons (Fsp3) is 1.00. The van der Waals surface area contributed by atoms with Crippen molar-refractivity contribution < 1.29 is 10.2 Å². The second kappa shape index (κ2) is 10.9. The summed E-state index contributed by atoms with van der Waals surface area (Å²) in [5.74, 6) is 0. The van der Waals surface area contributed by atoms with Crippen LogP contribution in [0.5, 0.6) is 0 Å². The topological polar surface area (TPSA) is 40.5 Å². The van der Waals surface area contributed by atoms with Gasteiger partial charge < -0.3 is 10.2 Å². The first-order chi connectivity index (χ1) is 3.68. The lowest BCUT2D eigenvalue weighted by Gasteiger charge is -1.90. The van der Waals surface area contributed by atoms with Gasteiger partial charge in [-0.2, -0.15) is 0 Å². The molecule has 2 nitrogen and oxygen atoms in total. The zero-order chi connectivity index (χ0) is 6.99. The minimum absolute atomic E-state index is 0.139. The molecule has 0 aliphatic heterocycles. The molecule has 0 heterocycles. The van der Waals surface area contributed by atoms with Crippen LogP contribution in [0.15, 0.2) is 0 Å². The van der Waals surface area contributed by atoms with Gasteiger partial charge in [0.1, 0.15) is 0 Å². The Bertz CT molecular complexity index is 36.5. The number of hydrogen-bond donors (Lipinski definition) is 2. The minimum Gasteiger partial charge on any atom is -0.394 e. The second-order valence-corrected chi connectivity index (χ2v) is 3.26. The number of halogens is 2. The quantitative estimate of drug-likeness (QED) is 0.563. The monoisotopic (exact) mass is 173 g/mol. The highest BCUT2D eigenvalue weighted by Crippen LogP contribution is 1.68. The molecule has 49 valence electrons. The molecule has 1 radical (unpaired) electrons. The highest BCUT2D eigenvalue weighted by molar-refractivity contribution is 7.22. The van der Waals surface area contributed by atoms with Crippen LogP contribution in [0.4, 0.5) is 0 Å². The van der Waals surface area contributed by atoms with Crippen molar-refractivity contribution in [2.75, 3.05) is 6.61 Å². The van der Waals surface area contributed by atoms with Crippen LogP contribution in [0.3, 0.4) is 0 Å². The molecule has 0 saturated heterocycles. The van der Waals surface area contributed by atoms with E-state index in [0.29, 0.717) is 0 Å². The summed E-state index contributed by atoms with van der Waals surface area (Å²) >= 11 is -0.306. The minimum atomic E-state index is -0.560. The molecule has 1 atom stereocenters. The summed E-state index contributed by atoms with van der Waals surface area (Å²) < 4.78 is 0. The third kappa shape index (κ3) is 27.8. The molecule has 2 N–H and O–H groups in total. The molecule has 0 rings (SSSR count). The summed E-state index contributed by atoms with van der Waals surface area (Å²) in [6.45, 7) is 1.39. The highest BCUT2D eigenvalue weighted by Gasteiger charge is 1.83. The van der Waals surface area contributed by atoms with Crippen LogP contribution in [0.2, 0.25) is 0 Å². The standard InChI is InChI=1S/C3H8O2.Al.2ClH/c1-3(5)2-4;;;/h3-5H,2H2,1H3;;2*1H/q;+2;;/p-2. The van der Waals surface area contributed by atoms with E-state index in [1.807, 2.05) is 0 Å². The van der Waals surface area contributed by atoms with E-state index < -0.39 is 6.10 Å². The molecule has 0 fully saturated rings. The van der Waals surface area contributed by atoms with Crippen LogP contribution in [0.1, 0.15) is 6.92 Å². The van der Waals surface area contributed by atoms with E-state index in [1.54, 1.807) is 0 Å². The second-order valence-electron chi connectivity index (χ2n) is 1.11. The summed E-state index contributed by atoms with van der Waals surface area (Å²) in [5.41, 5.74) is 0. The van der Waals surface area contributed by atoms with Crippen molar-refractivity contribution in [2.24, 2.45) is 0 Å². The molecule has 0 amide bonds. The van der Waals surface area contributed by atoms with Crippen molar-refractivity contribution in [1.82, 2.24) is 0 Å². The number of aliphatic hydroxyl groups excluding tert-OH is 2. The van der Waals surface area contributed by atoms with Gasteiger partial charge in [0.15, 0.2) is 0 Å². The Balaban J connectivity index is 0. The summed E-state index contributed by atoms with van der Waals surface area (Å²) in [6, 6.07) is 0. The molecule has 1 unspecified atom stereocenters. The fourth-order valence-corrected chi connectivity index (χ4v) is 0. The molecule has 0 aliphatic carbocycles. The van der Waals surface area contributed by atoms with Gasteiger partial charge in [0, 0.05) is 0 Å². The average molecular weight is 174 g/mol. The summed E-state index contributed by atoms with van der Waals surface area (Å²) in [6.07, 6.45) is -0.560. The first-order valence-electron chi connectivity index (χ1n) is 2.00. The molecule has 0 bridgehead atoms. The largest absolute Gasteiger partial charge is 0.495 e. The number of rotatable bonds is 1. The first-order valence-corrected chi connectivity index (χ1v) is 5.49. The Morgan fingerprint density at radius 3 is 1.75 bits per heavy atom. The lowest BCUT2D eigenvalue weighted by molar-refractivity contribution is 0.110. The lowest BCUT2D eigenvalue weighted by atomic mass is 10.5. The van der Waals surface area contributed by atoms with E-state index in [4.69, 9.17) is 30.3 Å². The maximum Gasteiger partial charge on any atom is 0.495 e. The summed E-state index contributed by atoms with van der Waals surface area (Å²) in [5, 5.41) is 16.0. The van der Waals surface area contributed by atoms with E-state index in [-0.39, 0.29) is 20.0 Å². The highest BCUT2D eigenvalue weighted by atomic mass is 35.7. The van der Waals surface area contributed by atoms with E-state index in [1.165, 1.54) is 6.92 Å². The Kier molecular flexibility index (Phi) is 16.1. The zero-order valence-electron chi connectivity index (χ0n) is 4.51. The van der Waals surface area contributed by atoms with Crippen molar-refractivity contribution in [3.63, 3.8) is 0 Å². The van der Waals surface area contributed by atoms with Crippen LogP contribution in [0.25, 0.3) is 0 Å². The van der Waals surface area contributed by atoms with Crippen LogP contribution < -0.4 is 0 Å². The maximum absolute atomic E-state index is 8.11. The Hall–Kier alpha value is 1.03. The van der Waals surface area contributed by atoms with Gasteiger partial charge in [0.05, 0.1) is 12.7 Å². The molecule has 0 aromatic heterocycles. The predicted molar refractivity (Wildman–Crippen MR) is 36.2 cm³/mol. The molecule has 5 heteroatoms. The van der Waals surface area contributed by atoms with Crippen molar-refractivity contribution in [1.29, 1.82) is 0 Å². The average Bonchev–Trinajstić information content (AvgIpc) is 1.69.